The van der Waals surface area contributed by atoms with E-state index >= 15 is 0 Å². The van der Waals surface area contributed by atoms with Crippen LogP contribution in [-0.4, -0.2) is 32.3 Å². The van der Waals surface area contributed by atoms with Crippen molar-refractivity contribution in [3.63, 3.8) is 0 Å². The summed E-state index contributed by atoms with van der Waals surface area (Å²) in [5.74, 6) is -0.140. The van der Waals surface area contributed by atoms with Gasteiger partial charge in [-0.3, -0.25) is 0 Å². The molecule has 3 nitrogen and oxygen atoms in total. The quantitative estimate of drug-likeness (QED) is 0.888. The average Bonchev–Trinajstić information content (AvgIpc) is 2.38. The molecule has 1 aliphatic heterocycles. The molecule has 1 aliphatic rings. The molecule has 1 saturated heterocycles. The molecule has 0 aliphatic carbocycles. The third kappa shape index (κ3) is 3.00. The summed E-state index contributed by atoms with van der Waals surface area (Å²) in [5.41, 5.74) is 1.67. The summed E-state index contributed by atoms with van der Waals surface area (Å²) in [7, 11) is 0. The second-order valence-corrected chi connectivity index (χ2v) is 4.68. The lowest BCUT2D eigenvalue weighted by atomic mass is 10.1. The Morgan fingerprint density at radius 3 is 3.00 bits per heavy atom. The van der Waals surface area contributed by atoms with Crippen LogP contribution < -0.4 is 10.2 Å². The molecule has 0 spiro atoms. The Morgan fingerprint density at radius 2 is 2.33 bits per heavy atom. The Kier molecular flexibility index (Phi) is 4.55. The minimum Gasteiger partial charge on any atom is -0.377 e. The topological polar surface area (TPSA) is 24.5 Å². The van der Waals surface area contributed by atoms with Crippen LogP contribution in [0.15, 0.2) is 18.2 Å². The maximum absolute atomic E-state index is 14.1. The van der Waals surface area contributed by atoms with E-state index < -0.39 is 0 Å². The fraction of sp³-hybridized carbons (Fsp3) is 0.571. The molecule has 18 heavy (non-hydrogen) atoms. The van der Waals surface area contributed by atoms with Crippen molar-refractivity contribution in [2.75, 3.05) is 31.2 Å². The van der Waals surface area contributed by atoms with Gasteiger partial charge >= 0.3 is 0 Å². The number of rotatable bonds is 4. The Hall–Kier alpha value is -1.13. The molecule has 1 N–H and O–H groups in total. The van der Waals surface area contributed by atoms with Gasteiger partial charge in [0.2, 0.25) is 0 Å². The first kappa shape index (κ1) is 13.3. The number of halogens is 1. The molecule has 0 aromatic heterocycles. The zero-order valence-corrected chi connectivity index (χ0v) is 11.1. The minimum absolute atomic E-state index is 0.140. The van der Waals surface area contributed by atoms with Gasteiger partial charge in [-0.15, -0.1) is 0 Å². The fourth-order valence-corrected chi connectivity index (χ4v) is 2.25. The van der Waals surface area contributed by atoms with Crippen LogP contribution in [-0.2, 0) is 11.3 Å². The molecule has 4 heteroatoms. The standard InChI is InChI=1S/C14H21FN2O/c1-3-16-9-12-4-5-14(13(15)8-12)17-6-7-18-10-11(17)2/h4-5,8,11,16H,3,6-7,9-10H2,1-2H3. The van der Waals surface area contributed by atoms with Gasteiger partial charge in [-0.1, -0.05) is 13.0 Å². The van der Waals surface area contributed by atoms with Crippen molar-refractivity contribution in [1.29, 1.82) is 0 Å². The van der Waals surface area contributed by atoms with Crippen LogP contribution in [0.1, 0.15) is 19.4 Å². The molecule has 0 bridgehead atoms. The number of benzene rings is 1. The SMILES string of the molecule is CCNCc1ccc(N2CCOCC2C)c(F)c1. The highest BCUT2D eigenvalue weighted by Gasteiger charge is 2.21. The van der Waals surface area contributed by atoms with Gasteiger partial charge in [-0.2, -0.15) is 0 Å². The number of hydrogen-bond donors (Lipinski definition) is 1. The summed E-state index contributed by atoms with van der Waals surface area (Å²) in [6.45, 7) is 7.80. The van der Waals surface area contributed by atoms with E-state index in [1.54, 1.807) is 6.07 Å². The molecule has 0 radical (unpaired) electrons. The predicted molar refractivity (Wildman–Crippen MR) is 71.4 cm³/mol. The van der Waals surface area contributed by atoms with Crippen LogP contribution in [0.25, 0.3) is 0 Å². The van der Waals surface area contributed by atoms with E-state index in [9.17, 15) is 4.39 Å². The van der Waals surface area contributed by atoms with E-state index in [4.69, 9.17) is 4.74 Å². The average molecular weight is 252 g/mol. The largest absolute Gasteiger partial charge is 0.377 e. The van der Waals surface area contributed by atoms with Crippen molar-refractivity contribution < 1.29 is 9.13 Å². The number of nitrogens with zero attached hydrogens (tertiary/aromatic N) is 1. The second kappa shape index (κ2) is 6.16. The van der Waals surface area contributed by atoms with Crippen molar-refractivity contribution in [2.24, 2.45) is 0 Å². The van der Waals surface area contributed by atoms with Gasteiger partial charge in [0.15, 0.2) is 0 Å². The molecule has 1 heterocycles. The lowest BCUT2D eigenvalue weighted by Crippen LogP contribution is -2.44. The van der Waals surface area contributed by atoms with E-state index in [1.165, 1.54) is 0 Å². The second-order valence-electron chi connectivity index (χ2n) is 4.68. The summed E-state index contributed by atoms with van der Waals surface area (Å²) in [4.78, 5) is 2.08. The Morgan fingerprint density at radius 1 is 1.50 bits per heavy atom. The van der Waals surface area contributed by atoms with Crippen molar-refractivity contribution in [3.8, 4) is 0 Å². The predicted octanol–water partition coefficient (Wildman–Crippen LogP) is 2.16. The van der Waals surface area contributed by atoms with Gasteiger partial charge < -0.3 is 15.0 Å². The number of nitrogens with one attached hydrogen (secondary N) is 1. The Bertz CT molecular complexity index is 397. The lowest BCUT2D eigenvalue weighted by molar-refractivity contribution is 0.0986. The highest BCUT2D eigenvalue weighted by Crippen LogP contribution is 2.24. The number of morpholine rings is 1. The van der Waals surface area contributed by atoms with Gasteiger partial charge in [-0.25, -0.2) is 4.39 Å². The van der Waals surface area contributed by atoms with E-state index in [0.717, 1.165) is 18.7 Å². The van der Waals surface area contributed by atoms with Crippen molar-refractivity contribution in [3.05, 3.63) is 29.6 Å². The van der Waals surface area contributed by atoms with E-state index in [1.807, 2.05) is 19.1 Å². The van der Waals surface area contributed by atoms with E-state index in [2.05, 4.69) is 17.1 Å². The van der Waals surface area contributed by atoms with Gasteiger partial charge in [0, 0.05) is 19.1 Å². The minimum atomic E-state index is -0.140. The van der Waals surface area contributed by atoms with Crippen LogP contribution in [0.4, 0.5) is 10.1 Å². The molecular weight excluding hydrogens is 231 g/mol. The van der Waals surface area contributed by atoms with Gasteiger partial charge in [-0.05, 0) is 31.2 Å². The normalized spacial score (nSPS) is 20.2. The first-order chi connectivity index (χ1) is 8.72. The van der Waals surface area contributed by atoms with Crippen molar-refractivity contribution in [1.82, 2.24) is 5.32 Å². The third-order valence-electron chi connectivity index (χ3n) is 3.27. The van der Waals surface area contributed by atoms with Crippen LogP contribution >= 0.6 is 0 Å². The van der Waals surface area contributed by atoms with Gasteiger partial charge in [0.1, 0.15) is 5.82 Å². The smallest absolute Gasteiger partial charge is 0.146 e. The summed E-state index contributed by atoms with van der Waals surface area (Å²) in [6, 6.07) is 5.72. The number of anilines is 1. The lowest BCUT2D eigenvalue weighted by Gasteiger charge is -2.35. The van der Waals surface area contributed by atoms with E-state index in [0.29, 0.717) is 25.4 Å². The van der Waals surface area contributed by atoms with Crippen LogP contribution in [0, 0.1) is 5.82 Å². The molecule has 0 amide bonds. The molecule has 0 saturated carbocycles. The first-order valence-corrected chi connectivity index (χ1v) is 6.56. The van der Waals surface area contributed by atoms with Crippen LogP contribution in [0.3, 0.4) is 0 Å². The third-order valence-corrected chi connectivity index (χ3v) is 3.27. The van der Waals surface area contributed by atoms with E-state index in [-0.39, 0.29) is 11.9 Å². The Labute approximate surface area is 108 Å². The summed E-state index contributed by atoms with van der Waals surface area (Å²) >= 11 is 0. The molecular formula is C14H21FN2O. The zero-order chi connectivity index (χ0) is 13.0. The van der Waals surface area contributed by atoms with Crippen LogP contribution in [0.5, 0.6) is 0 Å². The summed E-state index contributed by atoms with van der Waals surface area (Å²) < 4.78 is 19.5. The molecule has 100 valence electrons. The van der Waals surface area contributed by atoms with Crippen molar-refractivity contribution >= 4 is 5.69 Å². The summed E-state index contributed by atoms with van der Waals surface area (Å²) in [5, 5.41) is 3.20. The Balaban J connectivity index is 2.13. The highest BCUT2D eigenvalue weighted by molar-refractivity contribution is 5.50. The first-order valence-electron chi connectivity index (χ1n) is 6.56. The molecule has 1 aromatic carbocycles. The van der Waals surface area contributed by atoms with Crippen molar-refractivity contribution in [2.45, 2.75) is 26.4 Å². The maximum Gasteiger partial charge on any atom is 0.146 e. The maximum atomic E-state index is 14.1. The molecule has 1 atom stereocenters. The van der Waals surface area contributed by atoms with Crippen LogP contribution in [0.2, 0.25) is 0 Å². The molecule has 1 fully saturated rings. The number of hydrogen-bond acceptors (Lipinski definition) is 3. The zero-order valence-electron chi connectivity index (χ0n) is 11.1. The molecule has 1 unspecified atom stereocenters. The monoisotopic (exact) mass is 252 g/mol. The highest BCUT2D eigenvalue weighted by atomic mass is 19.1. The number of ether oxygens (including phenoxy) is 1. The van der Waals surface area contributed by atoms with Gasteiger partial charge in [0.05, 0.1) is 18.9 Å². The molecule has 2 rings (SSSR count). The van der Waals surface area contributed by atoms with Gasteiger partial charge in [0.25, 0.3) is 0 Å². The summed E-state index contributed by atoms with van der Waals surface area (Å²) in [6.07, 6.45) is 0. The molecule has 1 aromatic rings. The fourth-order valence-electron chi connectivity index (χ4n) is 2.25.